The summed E-state index contributed by atoms with van der Waals surface area (Å²) in [6, 6.07) is 3.84. The number of aromatic nitrogens is 3. The van der Waals surface area contributed by atoms with Crippen LogP contribution in [-0.2, 0) is 4.79 Å². The van der Waals surface area contributed by atoms with E-state index in [-0.39, 0.29) is 23.0 Å². The molecule has 11 heteroatoms. The van der Waals surface area contributed by atoms with Gasteiger partial charge >= 0.3 is 0 Å². The molecule has 3 rings (SSSR count). The molecule has 31 heavy (non-hydrogen) atoms. The van der Waals surface area contributed by atoms with Crippen LogP contribution in [0.25, 0.3) is 5.82 Å². The molecule has 0 saturated carbocycles. The number of aliphatic imine (C=N–C) groups is 1. The zero-order valence-corrected chi connectivity index (χ0v) is 17.5. The number of nitrogens with two attached hydrogens (primary N) is 1. The predicted octanol–water partition coefficient (Wildman–Crippen LogP) is 0.401. The molecule has 3 amide bonds. The van der Waals surface area contributed by atoms with E-state index in [1.807, 2.05) is 13.8 Å². The number of nitrogens with one attached hydrogen (secondary N) is 2. The van der Waals surface area contributed by atoms with E-state index in [0.29, 0.717) is 18.8 Å². The van der Waals surface area contributed by atoms with Crippen molar-refractivity contribution in [2.24, 2.45) is 16.1 Å². The van der Waals surface area contributed by atoms with Gasteiger partial charge in [0.05, 0.1) is 11.8 Å². The SMILES string of the molecule is CN=CC(NC(=O)c1cccc(-n2cc(C(N)=O)cn2)n1)C(=N)N1CCC(C)(C)C1=O. The van der Waals surface area contributed by atoms with Gasteiger partial charge in [-0.15, -0.1) is 0 Å². The minimum atomic E-state index is -0.896. The third kappa shape index (κ3) is 4.49. The lowest BCUT2D eigenvalue weighted by molar-refractivity contribution is -0.131. The normalized spacial score (nSPS) is 16.5. The van der Waals surface area contributed by atoms with Crippen molar-refractivity contribution < 1.29 is 14.4 Å². The van der Waals surface area contributed by atoms with Gasteiger partial charge in [0.25, 0.3) is 11.8 Å². The third-order valence-corrected chi connectivity index (χ3v) is 5.02. The Kier molecular flexibility index (Phi) is 5.95. The van der Waals surface area contributed by atoms with Crippen molar-refractivity contribution in [1.29, 1.82) is 5.41 Å². The molecule has 162 valence electrons. The fourth-order valence-corrected chi connectivity index (χ4v) is 3.16. The smallest absolute Gasteiger partial charge is 0.270 e. The number of nitrogens with zero attached hydrogens (tertiary/aromatic N) is 5. The predicted molar refractivity (Wildman–Crippen MR) is 113 cm³/mol. The van der Waals surface area contributed by atoms with Gasteiger partial charge in [-0.25, -0.2) is 9.67 Å². The second kappa shape index (κ2) is 8.46. The van der Waals surface area contributed by atoms with Gasteiger partial charge in [0.1, 0.15) is 17.6 Å². The molecule has 2 aromatic heterocycles. The molecule has 0 spiro atoms. The number of carbonyl (C=O) groups excluding carboxylic acids is 3. The number of carbonyl (C=O) groups is 3. The Morgan fingerprint density at radius 2 is 2.13 bits per heavy atom. The van der Waals surface area contributed by atoms with Crippen molar-refractivity contribution in [3.05, 3.63) is 41.9 Å². The molecule has 1 atom stereocenters. The Morgan fingerprint density at radius 1 is 1.39 bits per heavy atom. The number of amidine groups is 1. The van der Waals surface area contributed by atoms with Crippen LogP contribution in [0, 0.1) is 10.8 Å². The molecule has 1 fully saturated rings. The fraction of sp³-hybridized carbons (Fsp3) is 0.350. The summed E-state index contributed by atoms with van der Waals surface area (Å²) >= 11 is 0. The van der Waals surface area contributed by atoms with E-state index in [2.05, 4.69) is 20.4 Å². The van der Waals surface area contributed by atoms with Gasteiger partial charge < -0.3 is 11.1 Å². The summed E-state index contributed by atoms with van der Waals surface area (Å²) in [7, 11) is 1.52. The Labute approximate surface area is 178 Å². The lowest BCUT2D eigenvalue weighted by Crippen LogP contribution is -2.50. The van der Waals surface area contributed by atoms with E-state index in [4.69, 9.17) is 11.1 Å². The summed E-state index contributed by atoms with van der Waals surface area (Å²) < 4.78 is 1.33. The first-order valence-electron chi connectivity index (χ1n) is 9.59. The van der Waals surface area contributed by atoms with Gasteiger partial charge in [-0.1, -0.05) is 19.9 Å². The Balaban J connectivity index is 1.79. The van der Waals surface area contributed by atoms with Gasteiger partial charge in [-0.3, -0.25) is 29.7 Å². The molecule has 0 aliphatic carbocycles. The number of rotatable bonds is 6. The van der Waals surface area contributed by atoms with Crippen LogP contribution in [-0.4, -0.2) is 69.1 Å². The highest BCUT2D eigenvalue weighted by molar-refractivity contribution is 6.11. The minimum absolute atomic E-state index is 0.0520. The van der Waals surface area contributed by atoms with Crippen molar-refractivity contribution in [2.45, 2.75) is 26.3 Å². The maximum absolute atomic E-state index is 12.8. The number of likely N-dealkylation sites (tertiary alicyclic amines) is 1. The number of pyridine rings is 1. The molecule has 1 aliphatic rings. The number of hydrogen-bond acceptors (Lipinski definition) is 7. The number of hydrogen-bond donors (Lipinski definition) is 3. The molecule has 3 heterocycles. The van der Waals surface area contributed by atoms with Crippen molar-refractivity contribution in [1.82, 2.24) is 25.0 Å². The van der Waals surface area contributed by atoms with Crippen LogP contribution in [0.1, 0.15) is 41.1 Å². The largest absolute Gasteiger partial charge is 0.366 e. The summed E-state index contributed by atoms with van der Waals surface area (Å²) in [6.45, 7) is 4.07. The quantitative estimate of drug-likeness (QED) is 0.451. The standard InChI is InChI=1S/C20H24N8O3/c1-20(2)7-8-27(19(20)31)16(21)14(10-23-3)26-18(30)13-5-4-6-15(25-13)28-11-12(9-24-28)17(22)29/h4-6,9-11,14,21H,7-8H2,1-3H3,(H2,22,29)(H,26,30). The van der Waals surface area contributed by atoms with E-state index >= 15 is 0 Å². The van der Waals surface area contributed by atoms with E-state index in [1.54, 1.807) is 12.1 Å². The number of primary amides is 1. The topological polar surface area (TPSA) is 159 Å². The molecule has 0 aromatic carbocycles. The molecule has 2 aromatic rings. The zero-order chi connectivity index (χ0) is 22.8. The molecule has 4 N–H and O–H groups in total. The molecule has 0 radical (unpaired) electrons. The maximum atomic E-state index is 12.8. The van der Waals surface area contributed by atoms with E-state index < -0.39 is 23.3 Å². The highest BCUT2D eigenvalue weighted by Crippen LogP contribution is 2.30. The first-order valence-corrected chi connectivity index (χ1v) is 9.59. The molecule has 1 aliphatic heterocycles. The van der Waals surface area contributed by atoms with Crippen LogP contribution in [0.15, 0.2) is 35.6 Å². The lowest BCUT2D eigenvalue weighted by Gasteiger charge is -2.24. The second-order valence-electron chi connectivity index (χ2n) is 7.75. The maximum Gasteiger partial charge on any atom is 0.270 e. The van der Waals surface area contributed by atoms with Crippen LogP contribution in [0.3, 0.4) is 0 Å². The van der Waals surface area contributed by atoms with Gasteiger partial charge in [0.2, 0.25) is 5.91 Å². The molecular weight excluding hydrogens is 400 g/mol. The van der Waals surface area contributed by atoms with Crippen LogP contribution >= 0.6 is 0 Å². The first-order chi connectivity index (χ1) is 14.6. The van der Waals surface area contributed by atoms with Gasteiger partial charge in [0, 0.05) is 31.4 Å². The summed E-state index contributed by atoms with van der Waals surface area (Å²) in [5, 5.41) is 15.2. The van der Waals surface area contributed by atoms with Crippen LogP contribution in [0.4, 0.5) is 0 Å². The van der Waals surface area contributed by atoms with Crippen LogP contribution < -0.4 is 11.1 Å². The second-order valence-corrected chi connectivity index (χ2v) is 7.75. The van der Waals surface area contributed by atoms with Gasteiger partial charge in [-0.05, 0) is 18.6 Å². The Morgan fingerprint density at radius 3 is 2.71 bits per heavy atom. The average molecular weight is 424 g/mol. The van der Waals surface area contributed by atoms with E-state index in [1.165, 1.54) is 41.3 Å². The molecule has 1 saturated heterocycles. The molecule has 11 nitrogen and oxygen atoms in total. The third-order valence-electron chi connectivity index (χ3n) is 5.02. The van der Waals surface area contributed by atoms with E-state index in [9.17, 15) is 14.4 Å². The summed E-state index contributed by atoms with van der Waals surface area (Å²) in [5.74, 6) is -1.08. The van der Waals surface area contributed by atoms with Gasteiger partial charge in [0.15, 0.2) is 5.82 Å². The monoisotopic (exact) mass is 424 g/mol. The zero-order valence-electron chi connectivity index (χ0n) is 17.5. The Hall–Kier alpha value is -3.89. The average Bonchev–Trinajstić information content (AvgIpc) is 3.33. The van der Waals surface area contributed by atoms with Crippen molar-refractivity contribution in [3.8, 4) is 5.82 Å². The first kappa shape index (κ1) is 21.8. The molecule has 0 bridgehead atoms. The summed E-state index contributed by atoms with van der Waals surface area (Å²) in [5.41, 5.74) is 4.97. The van der Waals surface area contributed by atoms with Crippen molar-refractivity contribution >= 4 is 29.8 Å². The number of amides is 3. The summed E-state index contributed by atoms with van der Waals surface area (Å²) in [4.78, 5) is 46.2. The molecule has 1 unspecified atom stereocenters. The fourth-order valence-electron chi connectivity index (χ4n) is 3.16. The van der Waals surface area contributed by atoms with Crippen molar-refractivity contribution in [2.75, 3.05) is 13.6 Å². The van der Waals surface area contributed by atoms with Crippen LogP contribution in [0.2, 0.25) is 0 Å². The molecular formula is C20H24N8O3. The highest BCUT2D eigenvalue weighted by Gasteiger charge is 2.41. The summed E-state index contributed by atoms with van der Waals surface area (Å²) in [6.07, 6.45) is 4.74. The minimum Gasteiger partial charge on any atom is -0.366 e. The van der Waals surface area contributed by atoms with Gasteiger partial charge in [-0.2, -0.15) is 5.10 Å². The Bertz CT molecular complexity index is 1070. The lowest BCUT2D eigenvalue weighted by atomic mass is 9.92. The highest BCUT2D eigenvalue weighted by atomic mass is 16.2. The van der Waals surface area contributed by atoms with Crippen LogP contribution in [0.5, 0.6) is 0 Å². The van der Waals surface area contributed by atoms with Crippen molar-refractivity contribution in [3.63, 3.8) is 0 Å². The van der Waals surface area contributed by atoms with E-state index in [0.717, 1.165) is 0 Å².